The summed E-state index contributed by atoms with van der Waals surface area (Å²) in [5.74, 6) is 0. The minimum absolute atomic E-state index is 0.0257. The maximum Gasteiger partial charge on any atom is 0.316 e. The molecule has 1 saturated carbocycles. The summed E-state index contributed by atoms with van der Waals surface area (Å²) in [5.41, 5.74) is 0.826. The predicted molar refractivity (Wildman–Crippen MR) is 64.7 cm³/mol. The zero-order valence-corrected chi connectivity index (χ0v) is 10.5. The summed E-state index contributed by atoms with van der Waals surface area (Å²) in [7, 11) is 1.54. The number of nitrogens with zero attached hydrogens (tertiary/aromatic N) is 2. The lowest BCUT2D eigenvalue weighted by Crippen LogP contribution is -2.25. The van der Waals surface area contributed by atoms with Gasteiger partial charge >= 0.3 is 6.01 Å². The van der Waals surface area contributed by atoms with E-state index in [2.05, 4.69) is 16.9 Å². The lowest BCUT2D eigenvalue weighted by atomic mass is 9.76. The molecule has 1 unspecified atom stereocenters. The summed E-state index contributed by atoms with van der Waals surface area (Å²) in [4.78, 5) is 8.12. The van der Waals surface area contributed by atoms with Crippen molar-refractivity contribution in [1.29, 1.82) is 0 Å². The summed E-state index contributed by atoms with van der Waals surface area (Å²) in [5, 5.41) is 10.5. The second-order valence-electron chi connectivity index (χ2n) is 4.83. The molecule has 0 radical (unpaired) electrons. The number of aromatic nitrogens is 2. The Morgan fingerprint density at radius 1 is 1.35 bits per heavy atom. The Balaban J connectivity index is 2.19. The van der Waals surface area contributed by atoms with Crippen molar-refractivity contribution in [3.8, 4) is 6.01 Å². The predicted octanol–water partition coefficient (Wildman–Crippen LogP) is 2.49. The summed E-state index contributed by atoms with van der Waals surface area (Å²) in [6.45, 7) is 2.15. The van der Waals surface area contributed by atoms with Crippen LogP contribution in [0.15, 0.2) is 12.4 Å². The first-order valence-corrected chi connectivity index (χ1v) is 6.26. The fraction of sp³-hybridized carbons (Fsp3) is 0.692. The molecule has 0 bridgehead atoms. The van der Waals surface area contributed by atoms with Crippen LogP contribution in [0.3, 0.4) is 0 Å². The van der Waals surface area contributed by atoms with Gasteiger partial charge in [0, 0.05) is 23.4 Å². The fourth-order valence-electron chi connectivity index (χ4n) is 2.83. The SMILES string of the molecule is CCC1(C(O)c2cnc(OC)nc2)CCCC1. The number of hydrogen-bond acceptors (Lipinski definition) is 4. The van der Waals surface area contributed by atoms with Crippen LogP contribution in [-0.4, -0.2) is 22.2 Å². The third-order valence-electron chi connectivity index (χ3n) is 4.03. The van der Waals surface area contributed by atoms with Crippen LogP contribution in [0.1, 0.15) is 50.7 Å². The van der Waals surface area contributed by atoms with Gasteiger partial charge in [-0.25, -0.2) is 9.97 Å². The van der Waals surface area contributed by atoms with Crippen LogP contribution in [0.25, 0.3) is 0 Å². The fourth-order valence-corrected chi connectivity index (χ4v) is 2.83. The lowest BCUT2D eigenvalue weighted by Gasteiger charge is -2.33. The molecule has 0 saturated heterocycles. The molecule has 4 nitrogen and oxygen atoms in total. The number of methoxy groups -OCH3 is 1. The second kappa shape index (κ2) is 5.00. The lowest BCUT2D eigenvalue weighted by molar-refractivity contribution is 0.0231. The monoisotopic (exact) mass is 236 g/mol. The van der Waals surface area contributed by atoms with E-state index in [0.29, 0.717) is 6.01 Å². The van der Waals surface area contributed by atoms with Crippen LogP contribution < -0.4 is 4.74 Å². The van der Waals surface area contributed by atoms with Crippen LogP contribution in [0.4, 0.5) is 0 Å². The van der Waals surface area contributed by atoms with E-state index in [1.807, 2.05) is 0 Å². The summed E-state index contributed by atoms with van der Waals surface area (Å²) in [6, 6.07) is 0.345. The van der Waals surface area contributed by atoms with E-state index >= 15 is 0 Å². The highest BCUT2D eigenvalue weighted by atomic mass is 16.5. The van der Waals surface area contributed by atoms with Crippen molar-refractivity contribution in [1.82, 2.24) is 9.97 Å². The van der Waals surface area contributed by atoms with Gasteiger partial charge in [-0.1, -0.05) is 19.8 Å². The first-order chi connectivity index (χ1) is 8.22. The van der Waals surface area contributed by atoms with Gasteiger partial charge in [0.25, 0.3) is 0 Å². The molecule has 94 valence electrons. The van der Waals surface area contributed by atoms with Gasteiger partial charge in [0.05, 0.1) is 13.2 Å². The molecule has 0 spiro atoms. The molecular formula is C13H20N2O2. The Morgan fingerprint density at radius 2 is 1.94 bits per heavy atom. The molecule has 1 aliphatic carbocycles. The highest BCUT2D eigenvalue weighted by Gasteiger charge is 2.39. The van der Waals surface area contributed by atoms with E-state index < -0.39 is 6.10 Å². The van der Waals surface area contributed by atoms with Gasteiger partial charge in [-0.05, 0) is 19.3 Å². The van der Waals surface area contributed by atoms with Crippen LogP contribution in [0, 0.1) is 5.41 Å². The smallest absolute Gasteiger partial charge is 0.316 e. The van der Waals surface area contributed by atoms with Gasteiger partial charge in [-0.15, -0.1) is 0 Å². The number of aliphatic hydroxyl groups is 1. The number of aliphatic hydroxyl groups excluding tert-OH is 1. The molecule has 17 heavy (non-hydrogen) atoms. The van der Waals surface area contributed by atoms with Gasteiger partial charge < -0.3 is 9.84 Å². The minimum atomic E-state index is -0.457. The molecule has 4 heteroatoms. The maximum atomic E-state index is 10.5. The molecule has 1 atom stereocenters. The van der Waals surface area contributed by atoms with Gasteiger partial charge in [0.2, 0.25) is 0 Å². The van der Waals surface area contributed by atoms with Gasteiger partial charge in [0.1, 0.15) is 0 Å². The Bertz CT molecular complexity index is 358. The molecule has 0 aromatic carbocycles. The summed E-state index contributed by atoms with van der Waals surface area (Å²) >= 11 is 0. The topological polar surface area (TPSA) is 55.2 Å². The van der Waals surface area contributed by atoms with Crippen molar-refractivity contribution < 1.29 is 9.84 Å². The van der Waals surface area contributed by atoms with Crippen LogP contribution in [-0.2, 0) is 0 Å². The summed E-state index contributed by atoms with van der Waals surface area (Å²) in [6.07, 6.45) is 8.50. The van der Waals surface area contributed by atoms with Gasteiger partial charge in [-0.2, -0.15) is 0 Å². The second-order valence-corrected chi connectivity index (χ2v) is 4.83. The summed E-state index contributed by atoms with van der Waals surface area (Å²) < 4.78 is 4.92. The Morgan fingerprint density at radius 3 is 2.41 bits per heavy atom. The Kier molecular flexibility index (Phi) is 3.62. The van der Waals surface area contributed by atoms with Gasteiger partial charge in [-0.3, -0.25) is 0 Å². The Labute approximate surface area is 102 Å². The molecule has 0 aliphatic heterocycles. The van der Waals surface area contributed by atoms with E-state index in [0.717, 1.165) is 24.8 Å². The van der Waals surface area contributed by atoms with Crippen molar-refractivity contribution in [3.05, 3.63) is 18.0 Å². The average molecular weight is 236 g/mol. The molecule has 1 heterocycles. The largest absolute Gasteiger partial charge is 0.467 e. The van der Waals surface area contributed by atoms with E-state index in [1.165, 1.54) is 20.0 Å². The molecular weight excluding hydrogens is 216 g/mol. The van der Waals surface area contributed by atoms with Crippen molar-refractivity contribution in [2.24, 2.45) is 5.41 Å². The maximum absolute atomic E-state index is 10.5. The highest BCUT2D eigenvalue weighted by molar-refractivity contribution is 5.14. The number of rotatable bonds is 4. The van der Waals surface area contributed by atoms with Crippen molar-refractivity contribution in [2.45, 2.75) is 45.1 Å². The van der Waals surface area contributed by atoms with Crippen LogP contribution >= 0.6 is 0 Å². The quantitative estimate of drug-likeness (QED) is 0.872. The molecule has 1 aliphatic rings. The highest BCUT2D eigenvalue weighted by Crippen LogP contribution is 2.49. The van der Waals surface area contributed by atoms with E-state index in [9.17, 15) is 5.11 Å². The molecule has 1 N–H and O–H groups in total. The van der Waals surface area contributed by atoms with Crippen molar-refractivity contribution in [3.63, 3.8) is 0 Å². The first-order valence-electron chi connectivity index (χ1n) is 6.26. The average Bonchev–Trinajstić information content (AvgIpc) is 2.88. The van der Waals surface area contributed by atoms with Crippen molar-refractivity contribution >= 4 is 0 Å². The van der Waals surface area contributed by atoms with E-state index in [-0.39, 0.29) is 5.41 Å². The zero-order valence-electron chi connectivity index (χ0n) is 10.5. The standard InChI is InChI=1S/C13H20N2O2/c1-3-13(6-4-5-7-13)11(16)10-8-14-12(17-2)15-9-10/h8-9,11,16H,3-7H2,1-2H3. The van der Waals surface area contributed by atoms with Gasteiger partial charge in [0.15, 0.2) is 0 Å². The van der Waals surface area contributed by atoms with E-state index in [4.69, 9.17) is 4.74 Å². The molecule has 1 aromatic rings. The minimum Gasteiger partial charge on any atom is -0.467 e. The third kappa shape index (κ3) is 2.27. The first kappa shape index (κ1) is 12.3. The molecule has 0 amide bonds. The normalized spacial score (nSPS) is 20.2. The van der Waals surface area contributed by atoms with Crippen molar-refractivity contribution in [2.75, 3.05) is 7.11 Å². The number of hydrogen-bond donors (Lipinski definition) is 1. The zero-order chi connectivity index (χ0) is 12.3. The Hall–Kier alpha value is -1.16. The van der Waals surface area contributed by atoms with E-state index in [1.54, 1.807) is 12.4 Å². The third-order valence-corrected chi connectivity index (χ3v) is 4.03. The number of ether oxygens (including phenoxy) is 1. The van der Waals surface area contributed by atoms with Crippen LogP contribution in [0.2, 0.25) is 0 Å². The molecule has 2 rings (SSSR count). The molecule has 1 fully saturated rings. The van der Waals surface area contributed by atoms with Crippen LogP contribution in [0.5, 0.6) is 6.01 Å². The molecule has 1 aromatic heterocycles.